The van der Waals surface area contributed by atoms with Crippen LogP contribution in [0.15, 0.2) is 11.8 Å². The van der Waals surface area contributed by atoms with Gasteiger partial charge in [-0.15, -0.1) is 0 Å². The zero-order chi connectivity index (χ0) is 9.86. The van der Waals surface area contributed by atoms with Crippen molar-refractivity contribution < 1.29 is 9.47 Å². The molecular weight excluding hydrogens is 176 g/mol. The van der Waals surface area contributed by atoms with Crippen molar-refractivity contribution in [2.24, 2.45) is 5.41 Å². The molecule has 14 heavy (non-hydrogen) atoms. The number of hydrogen-bond donors (Lipinski definition) is 0. The highest BCUT2D eigenvalue weighted by Gasteiger charge is 2.30. The van der Waals surface area contributed by atoms with Crippen molar-refractivity contribution in [3.63, 3.8) is 0 Å². The molecule has 0 amide bonds. The molecule has 0 radical (unpaired) electrons. The van der Waals surface area contributed by atoms with Crippen LogP contribution < -0.4 is 0 Å². The van der Waals surface area contributed by atoms with Crippen molar-refractivity contribution in [2.45, 2.75) is 39.0 Å². The molecule has 2 nitrogen and oxygen atoms in total. The summed E-state index contributed by atoms with van der Waals surface area (Å²) in [6.45, 7) is 4.82. The van der Waals surface area contributed by atoms with Gasteiger partial charge in [-0.1, -0.05) is 6.92 Å². The van der Waals surface area contributed by atoms with Crippen molar-refractivity contribution in [2.75, 3.05) is 19.8 Å². The number of allylic oxidation sites excluding steroid dienone is 1. The molecule has 80 valence electrons. The Morgan fingerprint density at radius 3 is 2.86 bits per heavy atom. The Kier molecular flexibility index (Phi) is 3.12. The predicted octanol–water partition coefficient (Wildman–Crippen LogP) is 2.89. The van der Waals surface area contributed by atoms with E-state index in [1.807, 2.05) is 6.26 Å². The van der Waals surface area contributed by atoms with E-state index in [0.717, 1.165) is 26.2 Å². The molecule has 2 rings (SSSR count). The molecule has 1 unspecified atom stereocenters. The molecule has 0 spiro atoms. The van der Waals surface area contributed by atoms with E-state index in [2.05, 4.69) is 6.92 Å². The van der Waals surface area contributed by atoms with Crippen LogP contribution in [0, 0.1) is 5.41 Å². The van der Waals surface area contributed by atoms with E-state index in [4.69, 9.17) is 9.47 Å². The van der Waals surface area contributed by atoms with Crippen LogP contribution in [0.25, 0.3) is 0 Å². The topological polar surface area (TPSA) is 18.5 Å². The number of hydrogen-bond acceptors (Lipinski definition) is 2. The van der Waals surface area contributed by atoms with Crippen LogP contribution in [0.3, 0.4) is 0 Å². The Labute approximate surface area is 86.3 Å². The summed E-state index contributed by atoms with van der Waals surface area (Å²) in [4.78, 5) is 0. The third kappa shape index (κ3) is 2.50. The average Bonchev–Trinajstić information content (AvgIpc) is 2.77. The van der Waals surface area contributed by atoms with Crippen LogP contribution in [0.1, 0.15) is 39.0 Å². The first-order chi connectivity index (χ1) is 6.79. The van der Waals surface area contributed by atoms with Crippen molar-refractivity contribution in [1.82, 2.24) is 0 Å². The zero-order valence-electron chi connectivity index (χ0n) is 9.05. The predicted molar refractivity (Wildman–Crippen MR) is 56.0 cm³/mol. The van der Waals surface area contributed by atoms with Gasteiger partial charge in [-0.05, 0) is 37.7 Å². The second-order valence-corrected chi connectivity index (χ2v) is 4.91. The van der Waals surface area contributed by atoms with Gasteiger partial charge in [0.1, 0.15) is 0 Å². The van der Waals surface area contributed by atoms with Gasteiger partial charge in [-0.3, -0.25) is 0 Å². The maximum absolute atomic E-state index is 5.66. The Bertz CT molecular complexity index is 206. The van der Waals surface area contributed by atoms with E-state index in [9.17, 15) is 0 Å². The van der Waals surface area contributed by atoms with Crippen molar-refractivity contribution in [3.05, 3.63) is 11.8 Å². The lowest BCUT2D eigenvalue weighted by molar-refractivity contribution is 0.0946. The molecule has 1 saturated heterocycles. The molecule has 1 aliphatic carbocycles. The fraction of sp³-hybridized carbons (Fsp3) is 0.833. The van der Waals surface area contributed by atoms with E-state index < -0.39 is 0 Å². The minimum absolute atomic E-state index is 0.260. The molecule has 0 aromatic carbocycles. The molecule has 2 fully saturated rings. The van der Waals surface area contributed by atoms with Gasteiger partial charge < -0.3 is 9.47 Å². The lowest BCUT2D eigenvalue weighted by atomic mass is 9.91. The summed E-state index contributed by atoms with van der Waals surface area (Å²) in [6, 6.07) is 0. The van der Waals surface area contributed by atoms with Gasteiger partial charge in [-0.25, -0.2) is 0 Å². The molecule has 1 heterocycles. The largest absolute Gasteiger partial charge is 0.501 e. The minimum Gasteiger partial charge on any atom is -0.501 e. The molecule has 0 bridgehead atoms. The van der Waals surface area contributed by atoms with Gasteiger partial charge in [-0.2, -0.15) is 0 Å². The summed E-state index contributed by atoms with van der Waals surface area (Å²) in [5.41, 5.74) is 1.75. The van der Waals surface area contributed by atoms with E-state index in [1.165, 1.54) is 31.3 Å². The summed E-state index contributed by atoms with van der Waals surface area (Å²) in [6.07, 6.45) is 8.30. The summed E-state index contributed by atoms with van der Waals surface area (Å²) >= 11 is 0. The summed E-state index contributed by atoms with van der Waals surface area (Å²) < 4.78 is 11.0. The van der Waals surface area contributed by atoms with Gasteiger partial charge in [0.05, 0.1) is 19.5 Å². The monoisotopic (exact) mass is 196 g/mol. The lowest BCUT2D eigenvalue weighted by Gasteiger charge is -2.20. The second kappa shape index (κ2) is 4.35. The third-order valence-corrected chi connectivity index (χ3v) is 3.23. The van der Waals surface area contributed by atoms with Crippen LogP contribution >= 0.6 is 0 Å². The fourth-order valence-electron chi connectivity index (χ4n) is 2.13. The molecule has 1 aliphatic heterocycles. The first-order valence-corrected chi connectivity index (χ1v) is 5.66. The summed E-state index contributed by atoms with van der Waals surface area (Å²) in [5.74, 6) is 0. The highest BCUT2D eigenvalue weighted by molar-refractivity contribution is 5.02. The van der Waals surface area contributed by atoms with Crippen LogP contribution in [-0.4, -0.2) is 19.8 Å². The Morgan fingerprint density at radius 1 is 1.43 bits per heavy atom. The van der Waals surface area contributed by atoms with Crippen molar-refractivity contribution in [3.8, 4) is 0 Å². The number of ether oxygens (including phenoxy) is 2. The average molecular weight is 196 g/mol. The van der Waals surface area contributed by atoms with Gasteiger partial charge in [0.25, 0.3) is 0 Å². The van der Waals surface area contributed by atoms with Gasteiger partial charge in [0, 0.05) is 12.0 Å². The highest BCUT2D eigenvalue weighted by Crippen LogP contribution is 2.29. The molecule has 2 heteroatoms. The summed E-state index contributed by atoms with van der Waals surface area (Å²) in [5, 5.41) is 0. The maximum atomic E-state index is 5.66. The normalized spacial score (nSPS) is 32.2. The fourth-order valence-corrected chi connectivity index (χ4v) is 2.13. The van der Waals surface area contributed by atoms with Crippen LogP contribution in [0.2, 0.25) is 0 Å². The van der Waals surface area contributed by atoms with E-state index in [-0.39, 0.29) is 5.41 Å². The Hall–Kier alpha value is -0.500. The molecular formula is C12H20O2. The molecule has 1 atom stereocenters. The van der Waals surface area contributed by atoms with Gasteiger partial charge in [0.2, 0.25) is 0 Å². The van der Waals surface area contributed by atoms with Crippen LogP contribution in [0.4, 0.5) is 0 Å². The minimum atomic E-state index is 0.260. The molecule has 0 N–H and O–H groups in total. The van der Waals surface area contributed by atoms with E-state index >= 15 is 0 Å². The molecule has 0 aromatic heterocycles. The second-order valence-electron chi connectivity index (χ2n) is 4.91. The SMILES string of the molecule is CC1(COC=C2CCCC2)CCOC1. The van der Waals surface area contributed by atoms with Crippen LogP contribution in [0.5, 0.6) is 0 Å². The van der Waals surface area contributed by atoms with Gasteiger partial charge >= 0.3 is 0 Å². The first-order valence-electron chi connectivity index (χ1n) is 5.66. The van der Waals surface area contributed by atoms with Crippen molar-refractivity contribution in [1.29, 1.82) is 0 Å². The van der Waals surface area contributed by atoms with E-state index in [1.54, 1.807) is 0 Å². The third-order valence-electron chi connectivity index (χ3n) is 3.23. The first kappa shape index (κ1) is 10.0. The molecule has 0 aromatic rings. The summed E-state index contributed by atoms with van der Waals surface area (Å²) in [7, 11) is 0. The van der Waals surface area contributed by atoms with Crippen molar-refractivity contribution >= 4 is 0 Å². The lowest BCUT2D eigenvalue weighted by Crippen LogP contribution is -2.22. The zero-order valence-corrected chi connectivity index (χ0v) is 9.05. The molecule has 2 aliphatic rings. The van der Waals surface area contributed by atoms with E-state index in [0.29, 0.717) is 0 Å². The standard InChI is InChI=1S/C12H20O2/c1-12(6-7-13-9-12)10-14-8-11-4-2-3-5-11/h8H,2-7,9-10H2,1H3. The Balaban J connectivity index is 1.73. The smallest absolute Gasteiger partial charge is 0.0949 e. The quantitative estimate of drug-likeness (QED) is 0.646. The maximum Gasteiger partial charge on any atom is 0.0949 e. The highest BCUT2D eigenvalue weighted by atomic mass is 16.5. The van der Waals surface area contributed by atoms with Gasteiger partial charge in [0.15, 0.2) is 0 Å². The Morgan fingerprint density at radius 2 is 2.21 bits per heavy atom. The van der Waals surface area contributed by atoms with Crippen LogP contribution in [-0.2, 0) is 9.47 Å². The number of rotatable bonds is 3. The molecule has 1 saturated carbocycles.